The summed E-state index contributed by atoms with van der Waals surface area (Å²) in [5.74, 6) is -1.17. The molecule has 0 amide bonds. The van der Waals surface area contributed by atoms with Gasteiger partial charge in [0.1, 0.15) is 11.3 Å². The molecular weight excluding hydrogens is 263 g/mol. The highest BCUT2D eigenvalue weighted by Gasteiger charge is 2.13. The van der Waals surface area contributed by atoms with Gasteiger partial charge < -0.3 is 14.6 Å². The van der Waals surface area contributed by atoms with Crippen LogP contribution in [0.3, 0.4) is 0 Å². The average molecular weight is 276 g/mol. The molecule has 0 atom stereocenters. The Morgan fingerprint density at radius 1 is 1.00 bits per heavy atom. The molecule has 104 valence electrons. The minimum absolute atomic E-state index is 0.0604. The van der Waals surface area contributed by atoms with E-state index in [1.165, 1.54) is 32.4 Å². The number of hydrogen-bond acceptors (Lipinski definition) is 3. The van der Waals surface area contributed by atoms with Crippen LogP contribution in [0, 0.1) is 5.82 Å². The minimum atomic E-state index is -1.07. The standard InChI is InChI=1S/C15H13FO4/c1-19-13-6-4-9(7-12(13)16)10-3-5-11(15(17)18)14(8-10)20-2/h3-8H,1-2H3,(H,17,18). The largest absolute Gasteiger partial charge is 0.496 e. The van der Waals surface area contributed by atoms with E-state index < -0.39 is 11.8 Å². The highest BCUT2D eigenvalue weighted by Crippen LogP contribution is 2.30. The van der Waals surface area contributed by atoms with Crippen molar-refractivity contribution in [2.24, 2.45) is 0 Å². The van der Waals surface area contributed by atoms with Crippen molar-refractivity contribution in [3.8, 4) is 22.6 Å². The van der Waals surface area contributed by atoms with Crippen molar-refractivity contribution in [1.82, 2.24) is 0 Å². The first-order chi connectivity index (χ1) is 9.56. The van der Waals surface area contributed by atoms with Gasteiger partial charge in [0.15, 0.2) is 11.6 Å². The number of aromatic carboxylic acids is 1. The molecule has 0 fully saturated rings. The number of halogens is 1. The number of ether oxygens (including phenoxy) is 2. The zero-order valence-electron chi connectivity index (χ0n) is 11.0. The van der Waals surface area contributed by atoms with Crippen LogP contribution in [0.25, 0.3) is 11.1 Å². The van der Waals surface area contributed by atoms with Gasteiger partial charge in [0, 0.05) is 0 Å². The maximum Gasteiger partial charge on any atom is 0.339 e. The second-order valence-corrected chi connectivity index (χ2v) is 4.07. The molecular formula is C15H13FO4. The first-order valence-electron chi connectivity index (χ1n) is 5.82. The van der Waals surface area contributed by atoms with Gasteiger partial charge in [0.25, 0.3) is 0 Å². The Labute approximate surface area is 115 Å². The van der Waals surface area contributed by atoms with Crippen molar-refractivity contribution in [1.29, 1.82) is 0 Å². The quantitative estimate of drug-likeness (QED) is 0.931. The fourth-order valence-electron chi connectivity index (χ4n) is 1.89. The lowest BCUT2D eigenvalue weighted by Crippen LogP contribution is -2.00. The van der Waals surface area contributed by atoms with Crippen LogP contribution < -0.4 is 9.47 Å². The third kappa shape index (κ3) is 2.56. The Balaban J connectivity index is 2.48. The van der Waals surface area contributed by atoms with Crippen molar-refractivity contribution in [3.63, 3.8) is 0 Å². The smallest absolute Gasteiger partial charge is 0.339 e. The van der Waals surface area contributed by atoms with Gasteiger partial charge in [-0.2, -0.15) is 0 Å². The highest BCUT2D eigenvalue weighted by atomic mass is 19.1. The van der Waals surface area contributed by atoms with E-state index in [9.17, 15) is 9.18 Å². The molecule has 0 aliphatic heterocycles. The summed E-state index contributed by atoms with van der Waals surface area (Å²) in [6.07, 6.45) is 0. The fourth-order valence-corrected chi connectivity index (χ4v) is 1.89. The minimum Gasteiger partial charge on any atom is -0.496 e. The van der Waals surface area contributed by atoms with E-state index in [0.29, 0.717) is 11.1 Å². The number of benzene rings is 2. The molecule has 0 unspecified atom stereocenters. The lowest BCUT2D eigenvalue weighted by atomic mass is 10.0. The number of hydrogen-bond donors (Lipinski definition) is 1. The zero-order valence-corrected chi connectivity index (χ0v) is 11.0. The summed E-state index contributed by atoms with van der Waals surface area (Å²) in [6.45, 7) is 0. The number of carboxylic acid groups (broad SMARTS) is 1. The van der Waals surface area contributed by atoms with Gasteiger partial charge in [-0.1, -0.05) is 12.1 Å². The second kappa shape index (κ2) is 5.61. The summed E-state index contributed by atoms with van der Waals surface area (Å²) < 4.78 is 23.6. The molecule has 5 heteroatoms. The number of carboxylic acids is 1. The van der Waals surface area contributed by atoms with Crippen molar-refractivity contribution >= 4 is 5.97 Å². The van der Waals surface area contributed by atoms with E-state index >= 15 is 0 Å². The summed E-state index contributed by atoms with van der Waals surface area (Å²) in [5, 5.41) is 9.01. The first-order valence-corrected chi connectivity index (χ1v) is 5.82. The molecule has 2 aromatic carbocycles. The molecule has 2 rings (SSSR count). The van der Waals surface area contributed by atoms with Gasteiger partial charge in [-0.25, -0.2) is 9.18 Å². The maximum atomic E-state index is 13.7. The van der Waals surface area contributed by atoms with Gasteiger partial charge in [0.2, 0.25) is 0 Å². The maximum absolute atomic E-state index is 13.7. The molecule has 0 heterocycles. The summed E-state index contributed by atoms with van der Waals surface area (Å²) in [6, 6.07) is 9.13. The molecule has 0 saturated carbocycles. The third-order valence-corrected chi connectivity index (χ3v) is 2.92. The second-order valence-electron chi connectivity index (χ2n) is 4.07. The van der Waals surface area contributed by atoms with Gasteiger partial charge in [-0.15, -0.1) is 0 Å². The van der Waals surface area contributed by atoms with Crippen LogP contribution in [0.2, 0.25) is 0 Å². The molecule has 20 heavy (non-hydrogen) atoms. The topological polar surface area (TPSA) is 55.8 Å². The van der Waals surface area contributed by atoms with E-state index in [1.807, 2.05) is 0 Å². The average Bonchev–Trinajstić information content (AvgIpc) is 2.46. The first kappa shape index (κ1) is 13.9. The van der Waals surface area contributed by atoms with Gasteiger partial charge in [-0.05, 0) is 35.4 Å². The van der Waals surface area contributed by atoms with Crippen LogP contribution >= 0.6 is 0 Å². The van der Waals surface area contributed by atoms with Crippen molar-refractivity contribution in [2.45, 2.75) is 0 Å². The van der Waals surface area contributed by atoms with E-state index in [1.54, 1.807) is 18.2 Å². The van der Waals surface area contributed by atoms with Crippen LogP contribution in [0.4, 0.5) is 4.39 Å². The predicted octanol–water partition coefficient (Wildman–Crippen LogP) is 3.21. The molecule has 0 aliphatic carbocycles. The molecule has 0 aliphatic rings. The van der Waals surface area contributed by atoms with Gasteiger partial charge >= 0.3 is 5.97 Å². The van der Waals surface area contributed by atoms with Crippen LogP contribution in [-0.4, -0.2) is 25.3 Å². The van der Waals surface area contributed by atoms with Crippen molar-refractivity contribution in [2.75, 3.05) is 14.2 Å². The Kier molecular flexibility index (Phi) is 3.89. The fraction of sp³-hybridized carbons (Fsp3) is 0.133. The Morgan fingerprint density at radius 3 is 2.15 bits per heavy atom. The summed E-state index contributed by atoms with van der Waals surface area (Å²) in [4.78, 5) is 11.0. The SMILES string of the molecule is COc1ccc(-c2ccc(C(=O)O)c(OC)c2)cc1F. The number of rotatable bonds is 4. The molecule has 0 radical (unpaired) electrons. The van der Waals surface area contributed by atoms with E-state index in [2.05, 4.69) is 0 Å². The lowest BCUT2D eigenvalue weighted by molar-refractivity contribution is 0.0693. The van der Waals surface area contributed by atoms with Crippen molar-refractivity contribution in [3.05, 3.63) is 47.8 Å². The number of methoxy groups -OCH3 is 2. The number of carbonyl (C=O) groups is 1. The van der Waals surface area contributed by atoms with Crippen LogP contribution in [-0.2, 0) is 0 Å². The van der Waals surface area contributed by atoms with E-state index in [-0.39, 0.29) is 17.1 Å². The zero-order chi connectivity index (χ0) is 14.7. The van der Waals surface area contributed by atoms with Crippen molar-refractivity contribution < 1.29 is 23.8 Å². The predicted molar refractivity (Wildman–Crippen MR) is 71.9 cm³/mol. The molecule has 1 N–H and O–H groups in total. The van der Waals surface area contributed by atoms with Crippen LogP contribution in [0.15, 0.2) is 36.4 Å². The highest BCUT2D eigenvalue weighted by molar-refractivity contribution is 5.92. The summed E-state index contributed by atoms with van der Waals surface area (Å²) in [7, 11) is 2.78. The molecule has 0 saturated heterocycles. The molecule has 0 bridgehead atoms. The Morgan fingerprint density at radius 2 is 1.60 bits per heavy atom. The van der Waals surface area contributed by atoms with E-state index in [0.717, 1.165) is 0 Å². The summed E-state index contributed by atoms with van der Waals surface area (Å²) >= 11 is 0. The lowest BCUT2D eigenvalue weighted by Gasteiger charge is -2.09. The third-order valence-electron chi connectivity index (χ3n) is 2.92. The Bertz CT molecular complexity index is 652. The van der Waals surface area contributed by atoms with Gasteiger partial charge in [0.05, 0.1) is 14.2 Å². The van der Waals surface area contributed by atoms with Crippen LogP contribution in [0.1, 0.15) is 10.4 Å². The summed E-state index contributed by atoms with van der Waals surface area (Å²) in [5.41, 5.74) is 1.33. The molecule has 0 spiro atoms. The molecule has 2 aromatic rings. The van der Waals surface area contributed by atoms with E-state index in [4.69, 9.17) is 14.6 Å². The normalized spacial score (nSPS) is 10.2. The monoisotopic (exact) mass is 276 g/mol. The molecule has 0 aromatic heterocycles. The Hall–Kier alpha value is -2.56. The molecule has 4 nitrogen and oxygen atoms in total. The van der Waals surface area contributed by atoms with Crippen LogP contribution in [0.5, 0.6) is 11.5 Å². The van der Waals surface area contributed by atoms with Gasteiger partial charge in [-0.3, -0.25) is 0 Å².